The Morgan fingerprint density at radius 3 is 2.43 bits per heavy atom. The van der Waals surface area contributed by atoms with E-state index in [-0.39, 0.29) is 18.1 Å². The number of carboxylic acids is 1. The molecule has 1 fully saturated rings. The summed E-state index contributed by atoms with van der Waals surface area (Å²) in [6, 6.07) is 5.17. The van der Waals surface area contributed by atoms with Crippen LogP contribution in [0.2, 0.25) is 0 Å². The van der Waals surface area contributed by atoms with Crippen molar-refractivity contribution in [2.24, 2.45) is 11.7 Å². The number of nitrogens with two attached hydrogens (primary N) is 1. The first-order valence-corrected chi connectivity index (χ1v) is 6.91. The van der Waals surface area contributed by atoms with Crippen molar-refractivity contribution in [2.75, 3.05) is 0 Å². The number of amides is 1. The van der Waals surface area contributed by atoms with Gasteiger partial charge in [-0.1, -0.05) is 12.1 Å². The summed E-state index contributed by atoms with van der Waals surface area (Å²) in [5, 5.41) is 21.0. The smallest absolute Gasteiger partial charge is 0.326 e. The molecule has 1 aromatic carbocycles. The van der Waals surface area contributed by atoms with Crippen LogP contribution in [0.1, 0.15) is 25.3 Å². The monoisotopic (exact) mass is 292 g/mol. The number of carbonyl (C=O) groups is 2. The van der Waals surface area contributed by atoms with E-state index in [0.29, 0.717) is 5.56 Å². The molecule has 114 valence electrons. The summed E-state index contributed by atoms with van der Waals surface area (Å²) in [5.74, 6) is -1.31. The van der Waals surface area contributed by atoms with Gasteiger partial charge in [0.25, 0.3) is 0 Å². The van der Waals surface area contributed by atoms with Gasteiger partial charge in [-0.25, -0.2) is 4.79 Å². The van der Waals surface area contributed by atoms with Gasteiger partial charge in [0.15, 0.2) is 0 Å². The average molecular weight is 292 g/mol. The Labute approximate surface area is 123 Å². The lowest BCUT2D eigenvalue weighted by Gasteiger charge is -2.25. The second-order valence-corrected chi connectivity index (χ2v) is 5.79. The van der Waals surface area contributed by atoms with Crippen molar-refractivity contribution < 1.29 is 19.8 Å². The van der Waals surface area contributed by atoms with Crippen molar-refractivity contribution in [3.8, 4) is 5.75 Å². The minimum Gasteiger partial charge on any atom is -0.508 e. The number of aromatic hydroxyl groups is 1. The first kappa shape index (κ1) is 15.3. The first-order chi connectivity index (χ1) is 9.80. The number of carboxylic acid groups (broad SMARTS) is 1. The normalized spacial score (nSPS) is 18.6. The van der Waals surface area contributed by atoms with E-state index in [9.17, 15) is 19.8 Å². The van der Waals surface area contributed by atoms with Crippen molar-refractivity contribution in [1.29, 1.82) is 0 Å². The number of hydrogen-bond acceptors (Lipinski definition) is 4. The Bertz CT molecular complexity index is 535. The van der Waals surface area contributed by atoms with E-state index in [1.807, 2.05) is 0 Å². The number of phenols is 1. The highest BCUT2D eigenvalue weighted by Gasteiger charge is 2.44. The molecule has 1 saturated carbocycles. The van der Waals surface area contributed by atoms with Crippen LogP contribution in [0.25, 0.3) is 0 Å². The summed E-state index contributed by atoms with van der Waals surface area (Å²) in [7, 11) is 0. The molecule has 0 aliphatic heterocycles. The Hall–Kier alpha value is -2.08. The second kappa shape index (κ2) is 5.73. The third-order valence-electron chi connectivity index (χ3n) is 3.89. The minimum absolute atomic E-state index is 0.109. The van der Waals surface area contributed by atoms with E-state index in [4.69, 9.17) is 5.73 Å². The van der Waals surface area contributed by atoms with Crippen molar-refractivity contribution >= 4 is 11.9 Å². The number of nitrogens with one attached hydrogen (secondary N) is 1. The molecule has 1 aliphatic carbocycles. The molecule has 1 amide bonds. The van der Waals surface area contributed by atoms with Crippen LogP contribution in [-0.4, -0.2) is 33.7 Å². The standard InChI is InChI=1S/C15H20N2O4/c1-15(16,10-4-5-10)14(21)17-12(13(19)20)8-9-2-6-11(18)7-3-9/h2-3,6-7,10,12,18H,4-5,8,16H2,1H3,(H,17,21)(H,19,20)/t12-,15?/m1/s1. The van der Waals surface area contributed by atoms with Gasteiger partial charge < -0.3 is 21.3 Å². The van der Waals surface area contributed by atoms with E-state index in [0.717, 1.165) is 12.8 Å². The molecule has 6 nitrogen and oxygen atoms in total. The van der Waals surface area contributed by atoms with Gasteiger partial charge >= 0.3 is 5.97 Å². The molecule has 0 bridgehead atoms. The molecule has 0 heterocycles. The van der Waals surface area contributed by atoms with Gasteiger partial charge in [0.05, 0.1) is 5.54 Å². The highest BCUT2D eigenvalue weighted by molar-refractivity contribution is 5.90. The molecule has 0 radical (unpaired) electrons. The second-order valence-electron chi connectivity index (χ2n) is 5.79. The molecule has 1 unspecified atom stereocenters. The topological polar surface area (TPSA) is 113 Å². The molecular weight excluding hydrogens is 272 g/mol. The summed E-state index contributed by atoms with van der Waals surface area (Å²) in [6.45, 7) is 1.64. The Balaban J connectivity index is 2.03. The largest absolute Gasteiger partial charge is 0.508 e. The van der Waals surface area contributed by atoms with Crippen LogP contribution in [0.5, 0.6) is 5.75 Å². The maximum Gasteiger partial charge on any atom is 0.326 e. The summed E-state index contributed by atoms with van der Waals surface area (Å²) in [6.07, 6.45) is 1.94. The van der Waals surface area contributed by atoms with Crippen LogP contribution < -0.4 is 11.1 Å². The highest BCUT2D eigenvalue weighted by Crippen LogP contribution is 2.38. The van der Waals surface area contributed by atoms with E-state index < -0.39 is 23.5 Å². The van der Waals surface area contributed by atoms with Gasteiger partial charge in [0.2, 0.25) is 5.91 Å². The molecule has 21 heavy (non-hydrogen) atoms. The lowest BCUT2D eigenvalue weighted by atomic mass is 9.95. The van der Waals surface area contributed by atoms with Crippen LogP contribution in [0, 0.1) is 5.92 Å². The highest BCUT2D eigenvalue weighted by atomic mass is 16.4. The van der Waals surface area contributed by atoms with Crippen LogP contribution in [0.4, 0.5) is 0 Å². The third kappa shape index (κ3) is 3.72. The quantitative estimate of drug-likeness (QED) is 0.614. The number of rotatable bonds is 6. The van der Waals surface area contributed by atoms with Crippen molar-refractivity contribution in [1.82, 2.24) is 5.32 Å². The molecule has 1 aliphatic rings. The fourth-order valence-electron chi connectivity index (χ4n) is 2.25. The number of carbonyl (C=O) groups excluding carboxylic acids is 1. The predicted molar refractivity (Wildman–Crippen MR) is 76.7 cm³/mol. The minimum atomic E-state index is -1.11. The van der Waals surface area contributed by atoms with Crippen LogP contribution in [-0.2, 0) is 16.0 Å². The molecule has 0 saturated heterocycles. The molecule has 0 aromatic heterocycles. The summed E-state index contributed by atoms with van der Waals surface area (Å²) >= 11 is 0. The average Bonchev–Trinajstić information content (AvgIpc) is 3.24. The van der Waals surface area contributed by atoms with Crippen LogP contribution in [0.3, 0.4) is 0 Å². The van der Waals surface area contributed by atoms with Gasteiger partial charge in [-0.15, -0.1) is 0 Å². The molecule has 1 aromatic rings. The maximum atomic E-state index is 12.2. The molecule has 0 spiro atoms. The van der Waals surface area contributed by atoms with Crippen molar-refractivity contribution in [3.63, 3.8) is 0 Å². The summed E-state index contributed by atoms with van der Waals surface area (Å²) < 4.78 is 0. The van der Waals surface area contributed by atoms with Gasteiger partial charge in [-0.3, -0.25) is 4.79 Å². The number of phenolic OH excluding ortho intramolecular Hbond substituents is 1. The Kier molecular flexibility index (Phi) is 4.18. The number of aliphatic carboxylic acids is 1. The zero-order chi connectivity index (χ0) is 15.6. The SMILES string of the molecule is CC(N)(C(=O)N[C@H](Cc1ccc(O)cc1)C(=O)O)C1CC1. The maximum absolute atomic E-state index is 12.2. The first-order valence-electron chi connectivity index (χ1n) is 6.91. The molecule has 2 atom stereocenters. The fourth-order valence-corrected chi connectivity index (χ4v) is 2.25. The molecule has 5 N–H and O–H groups in total. The van der Waals surface area contributed by atoms with Crippen LogP contribution >= 0.6 is 0 Å². The number of hydrogen-bond donors (Lipinski definition) is 4. The zero-order valence-electron chi connectivity index (χ0n) is 11.9. The molecule has 2 rings (SSSR count). The van der Waals surface area contributed by atoms with E-state index in [1.54, 1.807) is 19.1 Å². The number of benzene rings is 1. The lowest BCUT2D eigenvalue weighted by molar-refractivity contribution is -0.142. The van der Waals surface area contributed by atoms with Gasteiger partial charge in [0.1, 0.15) is 11.8 Å². The fraction of sp³-hybridized carbons (Fsp3) is 0.467. The predicted octanol–water partition coefficient (Wildman–Crippen LogP) is 0.631. The molecule has 6 heteroatoms. The van der Waals surface area contributed by atoms with Crippen LogP contribution in [0.15, 0.2) is 24.3 Å². The third-order valence-corrected chi connectivity index (χ3v) is 3.89. The summed E-state index contributed by atoms with van der Waals surface area (Å²) in [5.41, 5.74) is 5.68. The van der Waals surface area contributed by atoms with E-state index >= 15 is 0 Å². The summed E-state index contributed by atoms with van der Waals surface area (Å²) in [4.78, 5) is 23.5. The van der Waals surface area contributed by atoms with Gasteiger partial charge in [-0.05, 0) is 43.4 Å². The van der Waals surface area contributed by atoms with Gasteiger partial charge in [-0.2, -0.15) is 0 Å². The van der Waals surface area contributed by atoms with Gasteiger partial charge in [0, 0.05) is 6.42 Å². The molecular formula is C15H20N2O4. The lowest BCUT2D eigenvalue weighted by Crippen LogP contribution is -2.57. The Morgan fingerprint density at radius 1 is 1.38 bits per heavy atom. The Morgan fingerprint density at radius 2 is 1.95 bits per heavy atom. The zero-order valence-corrected chi connectivity index (χ0v) is 11.9. The van der Waals surface area contributed by atoms with E-state index in [2.05, 4.69) is 5.32 Å². The van der Waals surface area contributed by atoms with E-state index in [1.165, 1.54) is 12.1 Å². The van der Waals surface area contributed by atoms with Crippen molar-refractivity contribution in [3.05, 3.63) is 29.8 Å². The van der Waals surface area contributed by atoms with Crippen molar-refractivity contribution in [2.45, 2.75) is 37.8 Å².